The van der Waals surface area contributed by atoms with Crippen molar-refractivity contribution in [3.63, 3.8) is 0 Å². The number of hydrogen-bond donors (Lipinski definition) is 1. The summed E-state index contributed by atoms with van der Waals surface area (Å²) in [5, 5.41) is 0. The zero-order valence-electron chi connectivity index (χ0n) is 11.4. The standard InChI is InChI=1S/C17H20FN/c1-13(2)16(19)17(18,14-9-5-3-6-10-14)15-11-7-4-8-12-15/h3-13,16H,19H2,1-2H3/t16-/m0/s1. The van der Waals surface area contributed by atoms with Crippen molar-refractivity contribution in [1.82, 2.24) is 0 Å². The Morgan fingerprint density at radius 2 is 1.21 bits per heavy atom. The number of benzene rings is 2. The van der Waals surface area contributed by atoms with Gasteiger partial charge in [0.1, 0.15) is 0 Å². The summed E-state index contributed by atoms with van der Waals surface area (Å²) in [6.07, 6.45) is 0. The second kappa shape index (κ2) is 5.54. The Labute approximate surface area is 114 Å². The highest BCUT2D eigenvalue weighted by atomic mass is 19.1. The van der Waals surface area contributed by atoms with Gasteiger partial charge in [0, 0.05) is 6.04 Å². The van der Waals surface area contributed by atoms with Crippen molar-refractivity contribution in [2.75, 3.05) is 0 Å². The van der Waals surface area contributed by atoms with E-state index in [1.54, 1.807) is 24.3 Å². The van der Waals surface area contributed by atoms with Gasteiger partial charge in [-0.25, -0.2) is 4.39 Å². The summed E-state index contributed by atoms with van der Waals surface area (Å²) in [5.74, 6) is 0.0467. The third-order valence-electron chi connectivity index (χ3n) is 3.57. The third kappa shape index (κ3) is 2.54. The monoisotopic (exact) mass is 257 g/mol. The molecule has 0 amide bonds. The molecule has 0 aliphatic carbocycles. The molecule has 0 bridgehead atoms. The van der Waals surface area contributed by atoms with Crippen molar-refractivity contribution in [2.24, 2.45) is 11.7 Å². The molecule has 2 heteroatoms. The van der Waals surface area contributed by atoms with Gasteiger partial charge in [-0.2, -0.15) is 0 Å². The first kappa shape index (κ1) is 13.8. The highest BCUT2D eigenvalue weighted by molar-refractivity contribution is 5.38. The van der Waals surface area contributed by atoms with E-state index in [0.717, 1.165) is 0 Å². The van der Waals surface area contributed by atoms with E-state index in [-0.39, 0.29) is 5.92 Å². The van der Waals surface area contributed by atoms with Crippen LogP contribution in [0.25, 0.3) is 0 Å². The van der Waals surface area contributed by atoms with Crippen molar-refractivity contribution in [2.45, 2.75) is 25.6 Å². The lowest BCUT2D eigenvalue weighted by atomic mass is 9.78. The summed E-state index contributed by atoms with van der Waals surface area (Å²) >= 11 is 0. The SMILES string of the molecule is CC(C)[C@H](N)C(F)(c1ccccc1)c1ccccc1. The first-order chi connectivity index (χ1) is 9.06. The van der Waals surface area contributed by atoms with Crippen LogP contribution in [0.15, 0.2) is 60.7 Å². The van der Waals surface area contributed by atoms with Gasteiger partial charge in [0.25, 0.3) is 0 Å². The number of nitrogens with two attached hydrogens (primary N) is 1. The molecule has 0 aliphatic heterocycles. The van der Waals surface area contributed by atoms with Crippen molar-refractivity contribution in [3.05, 3.63) is 71.8 Å². The fraction of sp³-hybridized carbons (Fsp3) is 0.294. The molecule has 1 atom stereocenters. The van der Waals surface area contributed by atoms with Crippen LogP contribution in [-0.4, -0.2) is 6.04 Å². The summed E-state index contributed by atoms with van der Waals surface area (Å²) in [5.41, 5.74) is 5.75. The molecule has 2 N–H and O–H groups in total. The number of hydrogen-bond acceptors (Lipinski definition) is 1. The van der Waals surface area contributed by atoms with Gasteiger partial charge in [-0.3, -0.25) is 0 Å². The molecule has 19 heavy (non-hydrogen) atoms. The molecular weight excluding hydrogens is 237 g/mol. The average molecular weight is 257 g/mol. The van der Waals surface area contributed by atoms with E-state index in [0.29, 0.717) is 11.1 Å². The Hall–Kier alpha value is -1.67. The minimum absolute atomic E-state index is 0.0467. The van der Waals surface area contributed by atoms with Crippen LogP contribution in [-0.2, 0) is 5.67 Å². The number of rotatable bonds is 4. The lowest BCUT2D eigenvalue weighted by molar-refractivity contribution is 0.147. The smallest absolute Gasteiger partial charge is 0.176 e. The second-order valence-corrected chi connectivity index (χ2v) is 5.21. The fourth-order valence-corrected chi connectivity index (χ4v) is 2.37. The predicted octanol–water partition coefficient (Wildman–Crippen LogP) is 3.88. The van der Waals surface area contributed by atoms with Crippen LogP contribution in [0.3, 0.4) is 0 Å². The quantitative estimate of drug-likeness (QED) is 0.883. The van der Waals surface area contributed by atoms with Gasteiger partial charge in [0.2, 0.25) is 0 Å². The molecule has 0 spiro atoms. The molecule has 0 aliphatic rings. The van der Waals surface area contributed by atoms with Crippen LogP contribution in [0.2, 0.25) is 0 Å². The summed E-state index contributed by atoms with van der Waals surface area (Å²) in [7, 11) is 0. The molecule has 0 fully saturated rings. The first-order valence-corrected chi connectivity index (χ1v) is 6.62. The van der Waals surface area contributed by atoms with Gasteiger partial charge in [-0.1, -0.05) is 74.5 Å². The Morgan fingerprint density at radius 1 is 0.842 bits per heavy atom. The molecule has 1 nitrogen and oxygen atoms in total. The molecule has 2 rings (SSSR count). The molecule has 2 aromatic rings. The first-order valence-electron chi connectivity index (χ1n) is 6.62. The summed E-state index contributed by atoms with van der Waals surface area (Å²) in [6.45, 7) is 3.90. The molecule has 2 aromatic carbocycles. The lowest BCUT2D eigenvalue weighted by Gasteiger charge is -2.34. The van der Waals surface area contributed by atoms with Gasteiger partial charge in [0.05, 0.1) is 0 Å². The molecule has 0 unspecified atom stereocenters. The fourth-order valence-electron chi connectivity index (χ4n) is 2.37. The zero-order chi connectivity index (χ0) is 13.9. The summed E-state index contributed by atoms with van der Waals surface area (Å²) < 4.78 is 15.8. The van der Waals surface area contributed by atoms with Crippen LogP contribution in [0.1, 0.15) is 25.0 Å². The minimum atomic E-state index is -1.66. The van der Waals surface area contributed by atoms with E-state index in [2.05, 4.69) is 0 Å². The van der Waals surface area contributed by atoms with Gasteiger partial charge < -0.3 is 5.73 Å². The van der Waals surface area contributed by atoms with E-state index >= 15 is 4.39 Å². The normalized spacial score (nSPS) is 13.5. The maximum atomic E-state index is 15.8. The van der Waals surface area contributed by atoms with Crippen molar-refractivity contribution in [1.29, 1.82) is 0 Å². The van der Waals surface area contributed by atoms with Crippen LogP contribution >= 0.6 is 0 Å². The van der Waals surface area contributed by atoms with E-state index in [1.165, 1.54) is 0 Å². The minimum Gasteiger partial charge on any atom is -0.324 e. The van der Waals surface area contributed by atoms with Crippen LogP contribution in [0.5, 0.6) is 0 Å². The Balaban J connectivity index is 2.57. The lowest BCUT2D eigenvalue weighted by Crippen LogP contribution is -2.46. The molecule has 0 saturated heterocycles. The van der Waals surface area contributed by atoms with Crippen LogP contribution in [0, 0.1) is 5.92 Å². The van der Waals surface area contributed by atoms with Gasteiger partial charge in [-0.15, -0.1) is 0 Å². The van der Waals surface area contributed by atoms with Crippen molar-refractivity contribution in [3.8, 4) is 0 Å². The van der Waals surface area contributed by atoms with Crippen molar-refractivity contribution < 1.29 is 4.39 Å². The van der Waals surface area contributed by atoms with E-state index in [9.17, 15) is 0 Å². The molecule has 0 aromatic heterocycles. The Kier molecular flexibility index (Phi) is 4.01. The zero-order valence-corrected chi connectivity index (χ0v) is 11.4. The van der Waals surface area contributed by atoms with Crippen LogP contribution in [0.4, 0.5) is 4.39 Å². The summed E-state index contributed by atoms with van der Waals surface area (Å²) in [6, 6.07) is 17.8. The highest BCUT2D eigenvalue weighted by Crippen LogP contribution is 2.38. The van der Waals surface area contributed by atoms with Gasteiger partial charge in [0.15, 0.2) is 5.67 Å². The molecular formula is C17H20FN. The second-order valence-electron chi connectivity index (χ2n) is 5.21. The van der Waals surface area contributed by atoms with E-state index in [1.807, 2.05) is 50.2 Å². The third-order valence-corrected chi connectivity index (χ3v) is 3.57. The average Bonchev–Trinajstić information content (AvgIpc) is 2.47. The number of alkyl halides is 1. The predicted molar refractivity (Wildman–Crippen MR) is 77.6 cm³/mol. The van der Waals surface area contributed by atoms with Gasteiger partial charge >= 0.3 is 0 Å². The topological polar surface area (TPSA) is 26.0 Å². The highest BCUT2D eigenvalue weighted by Gasteiger charge is 2.41. The Morgan fingerprint density at radius 3 is 1.53 bits per heavy atom. The maximum absolute atomic E-state index is 15.8. The van der Waals surface area contributed by atoms with Gasteiger partial charge in [-0.05, 0) is 17.0 Å². The van der Waals surface area contributed by atoms with E-state index in [4.69, 9.17) is 5.73 Å². The number of halogens is 1. The molecule has 100 valence electrons. The molecule has 0 radical (unpaired) electrons. The molecule has 0 heterocycles. The van der Waals surface area contributed by atoms with Crippen LogP contribution < -0.4 is 5.73 Å². The largest absolute Gasteiger partial charge is 0.324 e. The van der Waals surface area contributed by atoms with Crippen molar-refractivity contribution >= 4 is 0 Å². The maximum Gasteiger partial charge on any atom is 0.176 e. The Bertz CT molecular complexity index is 468. The summed E-state index contributed by atoms with van der Waals surface area (Å²) in [4.78, 5) is 0. The molecule has 0 saturated carbocycles. The van der Waals surface area contributed by atoms with E-state index < -0.39 is 11.7 Å².